The zero-order chi connectivity index (χ0) is 11.8. The van der Waals surface area contributed by atoms with Crippen molar-refractivity contribution in [3.05, 3.63) is 29.3 Å². The minimum atomic E-state index is -1.83. The van der Waals surface area contributed by atoms with Crippen molar-refractivity contribution < 1.29 is 15.0 Å². The third kappa shape index (κ3) is 8.38. The number of carbonyl (C=O) groups is 1. The molecule has 0 saturated carbocycles. The van der Waals surface area contributed by atoms with Crippen LogP contribution in [-0.2, 0) is 0 Å². The smallest absolute Gasteiger partial charge is 0.450 e. The van der Waals surface area contributed by atoms with Crippen molar-refractivity contribution in [2.24, 2.45) is 16.5 Å². The van der Waals surface area contributed by atoms with Gasteiger partial charge in [-0.3, -0.25) is 0 Å². The number of nitrogens with two attached hydrogens (primary N) is 2. The lowest BCUT2D eigenvalue weighted by Gasteiger charge is -1.93. The highest BCUT2D eigenvalue weighted by molar-refractivity contribution is 6.30. The number of hydrogen-bond acceptors (Lipinski definition) is 2. The molecule has 15 heavy (non-hydrogen) atoms. The fourth-order valence-electron chi connectivity index (χ4n) is 0.665. The first-order valence-corrected chi connectivity index (χ1v) is 4.06. The van der Waals surface area contributed by atoms with E-state index < -0.39 is 6.16 Å². The van der Waals surface area contributed by atoms with Gasteiger partial charge in [-0.15, -0.1) is 0 Å². The fourth-order valence-corrected chi connectivity index (χ4v) is 0.791. The van der Waals surface area contributed by atoms with Crippen LogP contribution in [0.3, 0.4) is 0 Å². The van der Waals surface area contributed by atoms with Crippen molar-refractivity contribution >= 4 is 29.4 Å². The SMILES string of the molecule is NC(N)=Nc1ccc(Cl)cc1.O=C(O)O. The van der Waals surface area contributed by atoms with E-state index in [-0.39, 0.29) is 5.96 Å². The average Bonchev–Trinajstić information content (AvgIpc) is 2.07. The van der Waals surface area contributed by atoms with Crippen LogP contribution >= 0.6 is 11.6 Å². The van der Waals surface area contributed by atoms with Gasteiger partial charge >= 0.3 is 6.16 Å². The van der Waals surface area contributed by atoms with Gasteiger partial charge in [0.2, 0.25) is 0 Å². The van der Waals surface area contributed by atoms with Gasteiger partial charge in [0.1, 0.15) is 0 Å². The summed E-state index contributed by atoms with van der Waals surface area (Å²) >= 11 is 5.64. The topological polar surface area (TPSA) is 122 Å². The summed E-state index contributed by atoms with van der Waals surface area (Å²) in [6.45, 7) is 0. The second-order valence-corrected chi connectivity index (χ2v) is 2.73. The predicted molar refractivity (Wildman–Crippen MR) is 57.6 cm³/mol. The largest absolute Gasteiger partial charge is 0.503 e. The predicted octanol–water partition coefficient (Wildman–Crippen LogP) is 1.47. The molecule has 7 heteroatoms. The standard InChI is InChI=1S/C7H8ClN3.CH2O3/c8-5-1-3-6(4-2-5)11-7(9)10;2-1(3)4/h1-4H,(H4,9,10,11);(H2,2,3,4). The second kappa shape index (κ2) is 6.50. The molecule has 1 aromatic rings. The Morgan fingerprint density at radius 1 is 1.20 bits per heavy atom. The van der Waals surface area contributed by atoms with Gasteiger partial charge < -0.3 is 21.7 Å². The Morgan fingerprint density at radius 3 is 1.93 bits per heavy atom. The van der Waals surface area contributed by atoms with Gasteiger partial charge in [-0.05, 0) is 24.3 Å². The highest BCUT2D eigenvalue weighted by Gasteiger charge is 1.88. The fraction of sp³-hybridized carbons (Fsp3) is 0. The van der Waals surface area contributed by atoms with Gasteiger partial charge in [0.05, 0.1) is 5.69 Å². The molecule has 0 fully saturated rings. The zero-order valence-electron chi connectivity index (χ0n) is 7.59. The molecule has 0 bridgehead atoms. The number of halogens is 1. The first-order valence-electron chi connectivity index (χ1n) is 3.69. The average molecular weight is 232 g/mol. The molecule has 0 radical (unpaired) electrons. The van der Waals surface area contributed by atoms with Crippen molar-refractivity contribution in [2.75, 3.05) is 0 Å². The van der Waals surface area contributed by atoms with Crippen LogP contribution in [0, 0.1) is 0 Å². The first kappa shape index (κ1) is 13.1. The van der Waals surface area contributed by atoms with Crippen molar-refractivity contribution in [1.82, 2.24) is 0 Å². The van der Waals surface area contributed by atoms with Crippen LogP contribution < -0.4 is 11.5 Å². The van der Waals surface area contributed by atoms with Crippen molar-refractivity contribution in [3.8, 4) is 0 Å². The molecule has 6 nitrogen and oxygen atoms in total. The van der Waals surface area contributed by atoms with Gasteiger partial charge in [0, 0.05) is 5.02 Å². The molecule has 82 valence electrons. The van der Waals surface area contributed by atoms with Gasteiger partial charge in [-0.25, -0.2) is 9.79 Å². The number of hydrogen-bond donors (Lipinski definition) is 4. The van der Waals surface area contributed by atoms with Gasteiger partial charge in [-0.2, -0.15) is 0 Å². The van der Waals surface area contributed by atoms with Crippen LogP contribution in [0.2, 0.25) is 5.02 Å². The number of nitrogens with zero attached hydrogens (tertiary/aromatic N) is 1. The lowest BCUT2D eigenvalue weighted by Crippen LogP contribution is -2.21. The number of guanidine groups is 1. The van der Waals surface area contributed by atoms with E-state index in [2.05, 4.69) is 4.99 Å². The maximum Gasteiger partial charge on any atom is 0.503 e. The first-order chi connectivity index (χ1) is 6.91. The summed E-state index contributed by atoms with van der Waals surface area (Å²) in [4.78, 5) is 12.4. The third-order valence-electron chi connectivity index (χ3n) is 1.08. The highest BCUT2D eigenvalue weighted by atomic mass is 35.5. The van der Waals surface area contributed by atoms with Crippen molar-refractivity contribution in [2.45, 2.75) is 0 Å². The molecule has 0 spiro atoms. The molecule has 0 aliphatic carbocycles. The van der Waals surface area contributed by atoms with E-state index in [9.17, 15) is 0 Å². The van der Waals surface area contributed by atoms with E-state index in [1.807, 2.05) is 0 Å². The van der Waals surface area contributed by atoms with Crippen LogP contribution in [0.4, 0.5) is 10.5 Å². The maximum atomic E-state index is 8.56. The molecule has 0 saturated heterocycles. The zero-order valence-corrected chi connectivity index (χ0v) is 8.35. The second-order valence-electron chi connectivity index (χ2n) is 2.30. The van der Waals surface area contributed by atoms with Crippen molar-refractivity contribution in [3.63, 3.8) is 0 Å². The minimum absolute atomic E-state index is 0.0484. The van der Waals surface area contributed by atoms with Crippen LogP contribution in [-0.4, -0.2) is 22.3 Å². The third-order valence-corrected chi connectivity index (χ3v) is 1.34. The number of carboxylic acid groups (broad SMARTS) is 2. The van der Waals surface area contributed by atoms with Gasteiger partial charge in [0.15, 0.2) is 5.96 Å². The van der Waals surface area contributed by atoms with Gasteiger partial charge in [-0.1, -0.05) is 11.6 Å². The Labute approximate surface area is 90.8 Å². The Bertz CT molecular complexity index is 343. The molecule has 0 atom stereocenters. The van der Waals surface area contributed by atoms with Crippen LogP contribution in [0.25, 0.3) is 0 Å². The summed E-state index contributed by atoms with van der Waals surface area (Å²) < 4.78 is 0. The number of rotatable bonds is 1. The number of benzene rings is 1. The molecular weight excluding hydrogens is 222 g/mol. The van der Waals surface area contributed by atoms with E-state index in [1.165, 1.54) is 0 Å². The summed E-state index contributed by atoms with van der Waals surface area (Å²) in [7, 11) is 0. The molecule has 0 aromatic heterocycles. The van der Waals surface area contributed by atoms with E-state index >= 15 is 0 Å². The van der Waals surface area contributed by atoms with E-state index in [0.29, 0.717) is 10.7 Å². The monoisotopic (exact) mass is 231 g/mol. The van der Waals surface area contributed by atoms with E-state index in [0.717, 1.165) is 0 Å². The molecule has 0 heterocycles. The van der Waals surface area contributed by atoms with E-state index in [4.69, 9.17) is 38.1 Å². The molecule has 0 amide bonds. The molecular formula is C8H10ClN3O3. The van der Waals surface area contributed by atoms with Gasteiger partial charge in [0.25, 0.3) is 0 Å². The summed E-state index contributed by atoms with van der Waals surface area (Å²) in [6, 6.07) is 6.93. The normalized spacial score (nSPS) is 8.33. The quantitative estimate of drug-likeness (QED) is 0.431. The Balaban J connectivity index is 0.000000423. The summed E-state index contributed by atoms with van der Waals surface area (Å²) in [5, 5.41) is 14.6. The molecule has 1 rings (SSSR count). The molecule has 6 N–H and O–H groups in total. The highest BCUT2D eigenvalue weighted by Crippen LogP contribution is 2.15. The summed E-state index contributed by atoms with van der Waals surface area (Å²) in [6.07, 6.45) is -1.83. The van der Waals surface area contributed by atoms with Crippen molar-refractivity contribution in [1.29, 1.82) is 0 Å². The van der Waals surface area contributed by atoms with Crippen LogP contribution in [0.15, 0.2) is 29.3 Å². The lowest BCUT2D eigenvalue weighted by atomic mass is 10.3. The lowest BCUT2D eigenvalue weighted by molar-refractivity contribution is 0.137. The maximum absolute atomic E-state index is 8.56. The Morgan fingerprint density at radius 2 is 1.60 bits per heavy atom. The minimum Gasteiger partial charge on any atom is -0.450 e. The van der Waals surface area contributed by atoms with Crippen LogP contribution in [0.5, 0.6) is 0 Å². The Hall–Kier alpha value is -1.95. The molecule has 1 aromatic carbocycles. The molecule has 0 aliphatic heterocycles. The summed E-state index contributed by atoms with van der Waals surface area (Å²) in [5.74, 6) is 0.0484. The van der Waals surface area contributed by atoms with Crippen LogP contribution in [0.1, 0.15) is 0 Å². The number of aliphatic imine (C=N–C) groups is 1. The summed E-state index contributed by atoms with van der Waals surface area (Å²) in [5.41, 5.74) is 11.0. The molecule has 0 unspecified atom stereocenters. The Kier molecular flexibility index (Phi) is 5.65. The molecule has 0 aliphatic rings. The van der Waals surface area contributed by atoms with E-state index in [1.54, 1.807) is 24.3 Å².